The highest BCUT2D eigenvalue weighted by Crippen LogP contribution is 2.15. The fraction of sp³-hybridized carbons (Fsp3) is 0.269. The Balaban J connectivity index is 1.47. The Morgan fingerprint density at radius 2 is 1.73 bits per heavy atom. The lowest BCUT2D eigenvalue weighted by molar-refractivity contribution is -0.133. The van der Waals surface area contributed by atoms with E-state index in [0.717, 1.165) is 11.4 Å². The number of nitrogens with one attached hydrogen (secondary N) is 1. The summed E-state index contributed by atoms with van der Waals surface area (Å²) in [6, 6.07) is 18.9. The van der Waals surface area contributed by atoms with Gasteiger partial charge in [0.1, 0.15) is 17.7 Å². The maximum atomic E-state index is 14.0. The number of hydrogen-bond donors (Lipinski definition) is 1. The molecular formula is C26H27FN4O2. The van der Waals surface area contributed by atoms with Crippen LogP contribution in [0.4, 0.5) is 10.2 Å². The van der Waals surface area contributed by atoms with E-state index >= 15 is 0 Å². The van der Waals surface area contributed by atoms with Gasteiger partial charge < -0.3 is 15.1 Å². The second-order valence-corrected chi connectivity index (χ2v) is 8.18. The van der Waals surface area contributed by atoms with E-state index in [0.29, 0.717) is 38.2 Å². The Morgan fingerprint density at radius 1 is 1.00 bits per heavy atom. The van der Waals surface area contributed by atoms with E-state index in [4.69, 9.17) is 0 Å². The first-order valence-electron chi connectivity index (χ1n) is 11.1. The van der Waals surface area contributed by atoms with Crippen molar-refractivity contribution in [2.75, 3.05) is 31.1 Å². The molecule has 33 heavy (non-hydrogen) atoms. The summed E-state index contributed by atoms with van der Waals surface area (Å²) >= 11 is 0. The van der Waals surface area contributed by atoms with Crippen LogP contribution >= 0.6 is 0 Å². The van der Waals surface area contributed by atoms with Crippen LogP contribution in [0.25, 0.3) is 0 Å². The number of piperazine rings is 1. The van der Waals surface area contributed by atoms with Gasteiger partial charge in [-0.15, -0.1) is 0 Å². The van der Waals surface area contributed by atoms with Crippen LogP contribution < -0.4 is 10.2 Å². The smallest absolute Gasteiger partial charge is 0.252 e. The molecule has 3 aromatic rings. The van der Waals surface area contributed by atoms with Gasteiger partial charge in [-0.3, -0.25) is 9.59 Å². The van der Waals surface area contributed by atoms with Crippen molar-refractivity contribution in [1.29, 1.82) is 0 Å². The van der Waals surface area contributed by atoms with Gasteiger partial charge in [0.15, 0.2) is 0 Å². The zero-order valence-electron chi connectivity index (χ0n) is 18.6. The van der Waals surface area contributed by atoms with Gasteiger partial charge in [0.25, 0.3) is 5.91 Å². The van der Waals surface area contributed by atoms with E-state index in [1.807, 2.05) is 48.5 Å². The van der Waals surface area contributed by atoms with Crippen molar-refractivity contribution in [3.63, 3.8) is 0 Å². The number of anilines is 1. The van der Waals surface area contributed by atoms with Crippen molar-refractivity contribution >= 4 is 17.6 Å². The van der Waals surface area contributed by atoms with Gasteiger partial charge >= 0.3 is 0 Å². The van der Waals surface area contributed by atoms with Crippen LogP contribution in [0.2, 0.25) is 0 Å². The molecule has 1 atom stereocenters. The normalized spacial score (nSPS) is 14.6. The number of benzene rings is 2. The van der Waals surface area contributed by atoms with Crippen molar-refractivity contribution in [2.24, 2.45) is 0 Å². The highest BCUT2D eigenvalue weighted by Gasteiger charge is 2.29. The van der Waals surface area contributed by atoms with Crippen molar-refractivity contribution in [3.8, 4) is 0 Å². The Bertz CT molecular complexity index is 1100. The molecule has 0 unspecified atom stereocenters. The second-order valence-electron chi connectivity index (χ2n) is 8.18. The van der Waals surface area contributed by atoms with E-state index in [-0.39, 0.29) is 11.5 Å². The summed E-state index contributed by atoms with van der Waals surface area (Å²) < 4.78 is 14.0. The SMILES string of the molecule is Cc1ccc(C(=O)N[C@H](Cc2ccccc2)C(=O)N2CCN(c3ccccn3)CC2)cc1F. The third-order valence-corrected chi connectivity index (χ3v) is 5.88. The second kappa shape index (κ2) is 10.3. The molecule has 6 nitrogen and oxygen atoms in total. The summed E-state index contributed by atoms with van der Waals surface area (Å²) in [6.45, 7) is 4.05. The molecule has 0 saturated carbocycles. The average Bonchev–Trinajstić information content (AvgIpc) is 2.86. The van der Waals surface area contributed by atoms with Crippen LogP contribution in [0.3, 0.4) is 0 Å². The minimum Gasteiger partial charge on any atom is -0.353 e. The van der Waals surface area contributed by atoms with Crippen molar-refractivity contribution in [3.05, 3.63) is 95.4 Å². The number of aromatic nitrogens is 1. The lowest BCUT2D eigenvalue weighted by Crippen LogP contribution is -2.55. The van der Waals surface area contributed by atoms with Gasteiger partial charge in [-0.2, -0.15) is 0 Å². The Labute approximate surface area is 193 Å². The summed E-state index contributed by atoms with van der Waals surface area (Å²) in [4.78, 5) is 34.6. The molecule has 1 N–H and O–H groups in total. The molecule has 170 valence electrons. The molecule has 2 heterocycles. The van der Waals surface area contributed by atoms with Gasteiger partial charge in [-0.1, -0.05) is 42.5 Å². The minimum absolute atomic E-state index is 0.138. The molecule has 1 fully saturated rings. The van der Waals surface area contributed by atoms with Gasteiger partial charge in [0.05, 0.1) is 0 Å². The molecule has 0 radical (unpaired) electrons. The number of aryl methyl sites for hydroxylation is 1. The van der Waals surface area contributed by atoms with Crippen LogP contribution in [0.5, 0.6) is 0 Å². The molecule has 4 rings (SSSR count). The van der Waals surface area contributed by atoms with Crippen molar-refractivity contribution < 1.29 is 14.0 Å². The molecule has 1 aliphatic rings. The number of amides is 2. The maximum Gasteiger partial charge on any atom is 0.252 e. The van der Waals surface area contributed by atoms with E-state index in [1.54, 1.807) is 30.2 Å². The van der Waals surface area contributed by atoms with Gasteiger partial charge in [0, 0.05) is 44.4 Å². The monoisotopic (exact) mass is 446 g/mol. The number of hydrogen-bond acceptors (Lipinski definition) is 4. The van der Waals surface area contributed by atoms with Crippen molar-refractivity contribution in [1.82, 2.24) is 15.2 Å². The summed E-state index contributed by atoms with van der Waals surface area (Å²) in [5.74, 6) is -0.157. The van der Waals surface area contributed by atoms with Crippen molar-refractivity contribution in [2.45, 2.75) is 19.4 Å². The summed E-state index contributed by atoms with van der Waals surface area (Å²) in [5, 5.41) is 2.85. The molecule has 0 spiro atoms. The van der Waals surface area contributed by atoms with E-state index < -0.39 is 17.8 Å². The molecule has 2 aromatic carbocycles. The van der Waals surface area contributed by atoms with E-state index in [1.165, 1.54) is 6.07 Å². The fourth-order valence-corrected chi connectivity index (χ4v) is 3.94. The number of pyridine rings is 1. The predicted octanol–water partition coefficient (Wildman–Crippen LogP) is 3.22. The number of nitrogens with zero attached hydrogens (tertiary/aromatic N) is 3. The third kappa shape index (κ3) is 5.55. The molecular weight excluding hydrogens is 419 g/mol. The summed E-state index contributed by atoms with van der Waals surface area (Å²) in [6.07, 6.45) is 2.12. The van der Waals surface area contributed by atoms with Gasteiger partial charge in [-0.25, -0.2) is 9.37 Å². The number of carbonyl (C=O) groups is 2. The summed E-state index contributed by atoms with van der Waals surface area (Å²) in [7, 11) is 0. The quantitative estimate of drug-likeness (QED) is 0.632. The Hall–Kier alpha value is -3.74. The van der Waals surface area contributed by atoms with Crippen LogP contribution in [-0.2, 0) is 11.2 Å². The highest BCUT2D eigenvalue weighted by molar-refractivity contribution is 5.97. The van der Waals surface area contributed by atoms with Crippen LogP contribution in [0.15, 0.2) is 72.9 Å². The molecule has 7 heteroatoms. The van der Waals surface area contributed by atoms with E-state index in [9.17, 15) is 14.0 Å². The van der Waals surface area contributed by atoms with Crippen LogP contribution in [-0.4, -0.2) is 53.9 Å². The van der Waals surface area contributed by atoms with E-state index in [2.05, 4.69) is 15.2 Å². The lowest BCUT2D eigenvalue weighted by atomic mass is 10.0. The standard InChI is InChI=1S/C26H27FN4O2/c1-19-10-11-21(18-22(19)27)25(32)29-23(17-20-7-3-2-4-8-20)26(33)31-15-13-30(14-16-31)24-9-5-6-12-28-24/h2-12,18,23H,13-17H2,1H3,(H,29,32)/t23-/m1/s1. The minimum atomic E-state index is -0.745. The number of rotatable bonds is 6. The van der Waals surface area contributed by atoms with Crippen LogP contribution in [0.1, 0.15) is 21.5 Å². The van der Waals surface area contributed by atoms with Crippen LogP contribution in [0, 0.1) is 12.7 Å². The molecule has 0 aliphatic carbocycles. The average molecular weight is 447 g/mol. The van der Waals surface area contributed by atoms with Gasteiger partial charge in [0.2, 0.25) is 5.91 Å². The first-order chi connectivity index (χ1) is 16.0. The molecule has 1 saturated heterocycles. The highest BCUT2D eigenvalue weighted by atomic mass is 19.1. The predicted molar refractivity (Wildman–Crippen MR) is 126 cm³/mol. The largest absolute Gasteiger partial charge is 0.353 e. The summed E-state index contributed by atoms with van der Waals surface area (Å²) in [5.41, 5.74) is 1.61. The zero-order chi connectivity index (χ0) is 23.2. The molecule has 0 bridgehead atoms. The molecule has 2 amide bonds. The van der Waals surface area contributed by atoms with Gasteiger partial charge in [-0.05, 0) is 42.3 Å². The lowest BCUT2D eigenvalue weighted by Gasteiger charge is -2.37. The Morgan fingerprint density at radius 3 is 2.39 bits per heavy atom. The first kappa shape index (κ1) is 22.5. The topological polar surface area (TPSA) is 65.5 Å². The fourth-order valence-electron chi connectivity index (χ4n) is 3.94. The number of carbonyl (C=O) groups excluding carboxylic acids is 2. The third-order valence-electron chi connectivity index (χ3n) is 5.88. The Kier molecular flexibility index (Phi) is 6.98. The maximum absolute atomic E-state index is 14.0. The number of halogens is 1. The molecule has 1 aromatic heterocycles. The first-order valence-corrected chi connectivity index (χ1v) is 11.1. The zero-order valence-corrected chi connectivity index (χ0v) is 18.6. The molecule has 1 aliphatic heterocycles.